The van der Waals surface area contributed by atoms with Crippen molar-refractivity contribution in [2.75, 3.05) is 13.1 Å². The molecule has 3 heterocycles. The number of H-pyrrole nitrogens is 1. The Hall–Kier alpha value is -4.34. The molecule has 0 unspecified atom stereocenters. The normalized spacial score (nSPS) is 17.4. The third kappa shape index (κ3) is 5.06. The summed E-state index contributed by atoms with van der Waals surface area (Å²) in [5.41, 5.74) is 1.95. The second kappa shape index (κ2) is 9.85. The van der Waals surface area contributed by atoms with Crippen LogP contribution < -0.4 is 4.74 Å². The molecule has 1 aromatic heterocycles. The number of para-hydroxylation sites is 1. The first-order valence-electron chi connectivity index (χ1n) is 12.4. The summed E-state index contributed by atoms with van der Waals surface area (Å²) in [6.07, 6.45) is 1.09. The molecule has 9 nitrogen and oxygen atoms in total. The number of rotatable bonds is 4. The average Bonchev–Trinajstić information content (AvgIpc) is 3.29. The number of aromatic amines is 1. The average molecular weight is 518 g/mol. The Kier molecular flexibility index (Phi) is 6.56. The van der Waals surface area contributed by atoms with Gasteiger partial charge in [-0.25, -0.2) is 9.18 Å². The van der Waals surface area contributed by atoms with E-state index in [4.69, 9.17) is 14.9 Å². The SMILES string of the molecule is CC(C)(C)OC(=O)N1CCC[C@@H](c2[nH]c(-c3ccc(Oc4ccccc4F)cc3)c3c2C(=O)N=NC3=N)C1. The fourth-order valence-corrected chi connectivity index (χ4v) is 4.75. The van der Waals surface area contributed by atoms with Crippen LogP contribution in [0.5, 0.6) is 11.5 Å². The van der Waals surface area contributed by atoms with E-state index in [1.165, 1.54) is 6.07 Å². The van der Waals surface area contributed by atoms with E-state index in [1.807, 2.05) is 20.8 Å². The lowest BCUT2D eigenvalue weighted by molar-refractivity contribution is 0.0197. The molecule has 0 bridgehead atoms. The number of amidine groups is 1. The fourth-order valence-electron chi connectivity index (χ4n) is 4.75. The van der Waals surface area contributed by atoms with Crippen molar-refractivity contribution in [1.82, 2.24) is 9.88 Å². The third-order valence-electron chi connectivity index (χ3n) is 6.41. The minimum absolute atomic E-state index is 0.111. The van der Waals surface area contributed by atoms with E-state index in [0.717, 1.165) is 12.8 Å². The number of hydrogen-bond acceptors (Lipinski definition) is 5. The van der Waals surface area contributed by atoms with Crippen molar-refractivity contribution in [2.24, 2.45) is 10.2 Å². The molecular formula is C28H28FN5O4. The van der Waals surface area contributed by atoms with Gasteiger partial charge in [-0.05, 0) is 75.6 Å². The molecule has 2 aromatic carbocycles. The molecule has 0 spiro atoms. The van der Waals surface area contributed by atoms with Gasteiger partial charge in [0.2, 0.25) is 0 Å². The highest BCUT2D eigenvalue weighted by Gasteiger charge is 2.36. The second-order valence-corrected chi connectivity index (χ2v) is 10.3. The number of hydrogen-bond donors (Lipinski definition) is 2. The van der Waals surface area contributed by atoms with E-state index in [-0.39, 0.29) is 17.5 Å². The van der Waals surface area contributed by atoms with E-state index in [1.54, 1.807) is 47.4 Å². The lowest BCUT2D eigenvalue weighted by Gasteiger charge is -2.34. The van der Waals surface area contributed by atoms with Crippen LogP contribution in [0.15, 0.2) is 58.8 Å². The topological polar surface area (TPSA) is 120 Å². The molecular weight excluding hydrogens is 489 g/mol. The van der Waals surface area contributed by atoms with E-state index in [2.05, 4.69) is 15.2 Å². The standard InChI is InChI=1S/C28H28FN5O4/c1-28(2,3)38-27(36)34-14-6-7-17(15-34)24-22-21(25(30)32-33-26(22)35)23(31-24)16-10-12-18(13-11-16)37-20-9-5-4-8-19(20)29/h4-5,8-13,17,30-31H,6-7,14-15H2,1-3H3/t17-/m1/s1. The number of halogens is 1. The van der Waals surface area contributed by atoms with Gasteiger partial charge in [0, 0.05) is 24.7 Å². The van der Waals surface area contributed by atoms with Crippen LogP contribution >= 0.6 is 0 Å². The number of amides is 2. The second-order valence-electron chi connectivity index (χ2n) is 10.3. The smallest absolute Gasteiger partial charge is 0.410 e. The van der Waals surface area contributed by atoms with E-state index in [0.29, 0.717) is 46.9 Å². The number of aromatic nitrogens is 1. The van der Waals surface area contributed by atoms with Gasteiger partial charge in [0.25, 0.3) is 5.91 Å². The van der Waals surface area contributed by atoms with Crippen LogP contribution in [0, 0.1) is 11.2 Å². The Bertz CT molecular complexity index is 1440. The Labute approximate surface area is 219 Å². The number of nitrogens with one attached hydrogen (secondary N) is 2. The van der Waals surface area contributed by atoms with E-state index < -0.39 is 23.4 Å². The molecule has 0 saturated carbocycles. The van der Waals surface area contributed by atoms with Gasteiger partial charge >= 0.3 is 6.09 Å². The zero-order valence-electron chi connectivity index (χ0n) is 21.4. The molecule has 2 aliphatic heterocycles. The maximum absolute atomic E-state index is 14.0. The Balaban J connectivity index is 1.47. The number of fused-ring (bicyclic) bond motifs is 1. The maximum Gasteiger partial charge on any atom is 0.410 e. The number of benzene rings is 2. The highest BCUT2D eigenvalue weighted by molar-refractivity contribution is 6.16. The zero-order chi connectivity index (χ0) is 27.0. The van der Waals surface area contributed by atoms with Crippen molar-refractivity contribution >= 4 is 17.8 Å². The molecule has 0 aliphatic carbocycles. The summed E-state index contributed by atoms with van der Waals surface area (Å²) in [6, 6.07) is 13.1. The number of nitrogens with zero attached hydrogens (tertiary/aromatic N) is 3. The Morgan fingerprint density at radius 3 is 2.55 bits per heavy atom. The van der Waals surface area contributed by atoms with Gasteiger partial charge in [0.05, 0.1) is 16.8 Å². The molecule has 196 valence electrons. The number of azo groups is 1. The lowest BCUT2D eigenvalue weighted by Crippen LogP contribution is -2.42. The summed E-state index contributed by atoms with van der Waals surface area (Å²) < 4.78 is 25.2. The summed E-state index contributed by atoms with van der Waals surface area (Å²) >= 11 is 0. The van der Waals surface area contributed by atoms with Gasteiger partial charge < -0.3 is 19.4 Å². The molecule has 5 rings (SSSR count). The van der Waals surface area contributed by atoms with Gasteiger partial charge in [-0.15, -0.1) is 10.2 Å². The summed E-state index contributed by atoms with van der Waals surface area (Å²) in [6.45, 7) is 6.40. The van der Waals surface area contributed by atoms with E-state index in [9.17, 15) is 14.0 Å². The first-order chi connectivity index (χ1) is 18.1. The molecule has 38 heavy (non-hydrogen) atoms. The third-order valence-corrected chi connectivity index (χ3v) is 6.41. The summed E-state index contributed by atoms with van der Waals surface area (Å²) in [7, 11) is 0. The molecule has 1 saturated heterocycles. The fraction of sp³-hybridized carbons (Fsp3) is 0.321. The Morgan fingerprint density at radius 1 is 1.11 bits per heavy atom. The predicted molar refractivity (Wildman–Crippen MR) is 138 cm³/mol. The zero-order valence-corrected chi connectivity index (χ0v) is 21.4. The van der Waals surface area contributed by atoms with Crippen LogP contribution in [0.25, 0.3) is 11.3 Å². The molecule has 0 radical (unpaired) electrons. The minimum atomic E-state index is -0.615. The molecule has 2 N–H and O–H groups in total. The van der Waals surface area contributed by atoms with Gasteiger partial charge in [-0.1, -0.05) is 12.1 Å². The summed E-state index contributed by atoms with van der Waals surface area (Å²) in [4.78, 5) is 30.6. The predicted octanol–water partition coefficient (Wildman–Crippen LogP) is 6.66. The summed E-state index contributed by atoms with van der Waals surface area (Å²) in [5, 5.41) is 15.8. The van der Waals surface area contributed by atoms with Crippen LogP contribution in [0.1, 0.15) is 61.1 Å². The van der Waals surface area contributed by atoms with Crippen molar-refractivity contribution in [2.45, 2.75) is 45.1 Å². The number of carbonyl (C=O) groups excluding carboxylic acids is 2. The van der Waals surface area contributed by atoms with Gasteiger partial charge in [-0.3, -0.25) is 10.2 Å². The van der Waals surface area contributed by atoms with Crippen LogP contribution in [-0.2, 0) is 4.74 Å². The first kappa shape index (κ1) is 25.3. The molecule has 3 aromatic rings. The minimum Gasteiger partial charge on any atom is -0.454 e. The van der Waals surface area contributed by atoms with E-state index >= 15 is 0 Å². The van der Waals surface area contributed by atoms with Gasteiger partial charge in [0.1, 0.15) is 11.4 Å². The maximum atomic E-state index is 14.0. The highest BCUT2D eigenvalue weighted by Crippen LogP contribution is 2.39. The van der Waals surface area contributed by atoms with Crippen molar-refractivity contribution in [3.8, 4) is 22.8 Å². The Morgan fingerprint density at radius 2 is 1.84 bits per heavy atom. The van der Waals surface area contributed by atoms with Crippen LogP contribution in [0.3, 0.4) is 0 Å². The lowest BCUT2D eigenvalue weighted by atomic mass is 9.90. The van der Waals surface area contributed by atoms with Crippen LogP contribution in [-0.4, -0.2) is 46.4 Å². The van der Waals surface area contributed by atoms with Crippen molar-refractivity contribution in [3.05, 3.63) is 71.2 Å². The summed E-state index contributed by atoms with van der Waals surface area (Å²) in [5.74, 6) is -0.742. The molecule has 1 fully saturated rings. The number of piperidine rings is 1. The molecule has 10 heteroatoms. The van der Waals surface area contributed by atoms with Crippen molar-refractivity contribution < 1.29 is 23.5 Å². The van der Waals surface area contributed by atoms with Crippen LogP contribution in [0.4, 0.5) is 9.18 Å². The van der Waals surface area contributed by atoms with Crippen molar-refractivity contribution in [1.29, 1.82) is 5.41 Å². The van der Waals surface area contributed by atoms with Gasteiger partial charge in [0.15, 0.2) is 17.4 Å². The number of ether oxygens (including phenoxy) is 2. The largest absolute Gasteiger partial charge is 0.454 e. The van der Waals surface area contributed by atoms with Crippen LogP contribution in [0.2, 0.25) is 0 Å². The molecule has 2 aliphatic rings. The molecule has 1 atom stereocenters. The monoisotopic (exact) mass is 517 g/mol. The molecule has 2 amide bonds. The van der Waals surface area contributed by atoms with Gasteiger partial charge in [-0.2, -0.15) is 0 Å². The number of likely N-dealkylation sites (tertiary alicyclic amines) is 1. The first-order valence-corrected chi connectivity index (χ1v) is 12.4. The quantitative estimate of drug-likeness (QED) is 0.402. The number of carbonyl (C=O) groups is 2. The van der Waals surface area contributed by atoms with Crippen molar-refractivity contribution in [3.63, 3.8) is 0 Å². The highest BCUT2D eigenvalue weighted by atomic mass is 19.1.